The molecule has 6 saturated heterocycles. The second-order valence-corrected chi connectivity index (χ2v) is 31.5. The SMILES string of the molecule is CCOC(=O)C=C1CCC2(CC1)OCCO2.CCOC(=O)CC1CCC2(CC1)OCCO2.O=C(CC1CCC2(CC1)OCCO2)OCc1ccccc1.O=C(O)CC1CCC2(CC1)OCCO2.O=C1CCC(CC(=O)OCc2ccccc2)CC1.O=C1CCC(CC(=O)OCc2ccccc2)CCO1.O=C1CCC2(CC1)OCCO2. The van der Waals surface area contributed by atoms with Crippen LogP contribution in [0.1, 0.15) is 236 Å². The Morgan fingerprint density at radius 1 is 0.339 bits per heavy atom. The fourth-order valence-electron chi connectivity index (χ4n) is 16.3. The van der Waals surface area contributed by atoms with E-state index in [9.17, 15) is 43.2 Å². The van der Waals surface area contributed by atoms with Gasteiger partial charge in [0.1, 0.15) is 31.4 Å². The van der Waals surface area contributed by atoms with Gasteiger partial charge in [0, 0.05) is 134 Å². The molecule has 1 unspecified atom stereocenters. The Bertz CT molecular complexity index is 3410. The number of allylic oxidation sites excluding steroid dienone is 1. The van der Waals surface area contributed by atoms with Gasteiger partial charge in [-0.15, -0.1) is 0 Å². The van der Waals surface area contributed by atoms with E-state index in [1.54, 1.807) is 6.08 Å². The molecule has 6 aliphatic carbocycles. The number of carbonyl (C=O) groups excluding carboxylic acids is 8. The summed E-state index contributed by atoms with van der Waals surface area (Å²) in [5.41, 5.74) is 4.16. The lowest BCUT2D eigenvalue weighted by molar-refractivity contribution is -0.184. The van der Waals surface area contributed by atoms with Crippen LogP contribution >= 0.6 is 0 Å². The Labute approximate surface area is 677 Å². The average molecular weight is 1610 g/mol. The van der Waals surface area contributed by atoms with Crippen LogP contribution in [-0.2, 0) is 139 Å². The molecule has 636 valence electrons. The fraction of sp³-hybridized carbons (Fsp3) is 0.674. The highest BCUT2D eigenvalue weighted by Crippen LogP contribution is 2.43. The van der Waals surface area contributed by atoms with Crippen LogP contribution in [0.15, 0.2) is 103 Å². The Hall–Kier alpha value is -7.37. The predicted octanol–water partition coefficient (Wildman–Crippen LogP) is 14.3. The number of carboxylic acids is 1. The van der Waals surface area contributed by atoms with Crippen molar-refractivity contribution in [3.63, 3.8) is 0 Å². The van der Waals surface area contributed by atoms with Crippen molar-refractivity contribution in [2.75, 3.05) is 85.9 Å². The minimum absolute atomic E-state index is 0.0725. The minimum Gasteiger partial charge on any atom is -0.481 e. The number of ether oxygens (including phenoxy) is 16. The second kappa shape index (κ2) is 48.5. The van der Waals surface area contributed by atoms with Crippen molar-refractivity contribution in [2.24, 2.45) is 29.6 Å². The van der Waals surface area contributed by atoms with Gasteiger partial charge in [-0.25, -0.2) is 4.79 Å². The summed E-state index contributed by atoms with van der Waals surface area (Å²) in [6.45, 7) is 12.9. The number of hydrogen-bond donors (Lipinski definition) is 1. The summed E-state index contributed by atoms with van der Waals surface area (Å²) in [4.78, 5) is 101. The summed E-state index contributed by atoms with van der Waals surface area (Å²) in [7, 11) is 0. The molecule has 3 aromatic carbocycles. The maximum absolute atomic E-state index is 11.9. The molecule has 26 heteroatoms. The van der Waals surface area contributed by atoms with Crippen molar-refractivity contribution >= 4 is 53.4 Å². The first kappa shape index (κ1) is 91.5. The first-order valence-corrected chi connectivity index (χ1v) is 42.1. The van der Waals surface area contributed by atoms with Gasteiger partial charge in [-0.2, -0.15) is 0 Å². The highest BCUT2D eigenvalue weighted by atomic mass is 16.8. The molecule has 12 fully saturated rings. The zero-order chi connectivity index (χ0) is 81.5. The monoisotopic (exact) mass is 1610 g/mol. The lowest BCUT2D eigenvalue weighted by Crippen LogP contribution is -2.35. The van der Waals surface area contributed by atoms with Gasteiger partial charge in [0.25, 0.3) is 0 Å². The van der Waals surface area contributed by atoms with Crippen LogP contribution in [0, 0.1) is 29.6 Å². The van der Waals surface area contributed by atoms with Crippen molar-refractivity contribution in [3.8, 4) is 0 Å². The number of carbonyl (C=O) groups is 9. The molecule has 3 aromatic rings. The molecular weight excluding hydrogens is 1480 g/mol. The molecule has 6 heterocycles. The standard InChI is InChI=1S/C17H22O4.C15H18O4.C15H18O3.C12H20O4.C12H18O4.C10H16O4.C8H12O3/c18-16(19-13-15-4-2-1-3-5-15)12-14-6-8-17(9-7-14)20-10-11-21-17;16-14-7-6-12(8-9-18-14)10-15(17)19-11-13-4-2-1-3-5-13;16-14-8-6-12(7-9-14)10-15(17)18-11-13-4-2-1-3-5-13;2*1-2-14-11(13)9-10-3-5-12(6-4-10)15-7-8-16-12;11-9(12)7-8-1-3-10(4-2-8)13-5-6-14-10;9-7-1-3-8(4-2-7)10-5-6-11-8/h1-5,14H,6-13H2;1-5,12H,6-11H2;1-5,12H,6-11H2;10H,2-9H2,1H3;9H,2-8H2,1H3;8H,1-7H2,(H,11,12);1-6H2. The molecule has 0 bridgehead atoms. The third-order valence-electron chi connectivity index (χ3n) is 23.0. The first-order valence-electron chi connectivity index (χ1n) is 42.1. The predicted molar refractivity (Wildman–Crippen MR) is 417 cm³/mol. The van der Waals surface area contributed by atoms with Crippen LogP contribution < -0.4 is 0 Å². The number of rotatable bonds is 19. The van der Waals surface area contributed by atoms with Crippen molar-refractivity contribution in [1.82, 2.24) is 0 Å². The number of carboxylic acid groups (broad SMARTS) is 1. The lowest BCUT2D eigenvalue weighted by atomic mass is 9.83. The molecule has 15 rings (SSSR count). The van der Waals surface area contributed by atoms with E-state index in [-0.39, 0.29) is 77.1 Å². The van der Waals surface area contributed by atoms with Crippen molar-refractivity contribution < 1.29 is 124 Å². The third kappa shape index (κ3) is 33.2. The van der Waals surface area contributed by atoms with E-state index in [1.165, 1.54) is 0 Å². The highest BCUT2D eigenvalue weighted by molar-refractivity contribution is 5.83. The van der Waals surface area contributed by atoms with Crippen LogP contribution in [0.4, 0.5) is 0 Å². The summed E-state index contributed by atoms with van der Waals surface area (Å²) < 4.78 is 86.6. The molecule has 6 saturated carbocycles. The number of ketones is 2. The topological polar surface area (TPSA) is 322 Å². The first-order chi connectivity index (χ1) is 55.7. The van der Waals surface area contributed by atoms with Crippen LogP contribution in [0.5, 0.6) is 0 Å². The lowest BCUT2D eigenvalue weighted by Gasteiger charge is -2.35. The van der Waals surface area contributed by atoms with E-state index in [4.69, 9.17) is 80.9 Å². The van der Waals surface area contributed by atoms with Crippen LogP contribution in [-0.4, -0.2) is 173 Å². The number of benzene rings is 3. The molecule has 1 N–H and O–H groups in total. The van der Waals surface area contributed by atoms with E-state index < -0.39 is 5.97 Å². The normalized spacial score (nSPS) is 23.9. The zero-order valence-electron chi connectivity index (χ0n) is 67.7. The number of aliphatic carboxylic acids is 1. The number of esters is 6. The molecule has 0 amide bonds. The molecule has 12 aliphatic rings. The van der Waals surface area contributed by atoms with Gasteiger partial charge >= 0.3 is 41.8 Å². The van der Waals surface area contributed by atoms with Crippen molar-refractivity contribution in [3.05, 3.63) is 119 Å². The van der Waals surface area contributed by atoms with Gasteiger partial charge in [0.05, 0.1) is 85.9 Å². The Kier molecular flexibility index (Phi) is 38.6. The number of Topliss-reactive ketones (excluding diaryl/α,β-unsaturated/α-hetero) is 2. The van der Waals surface area contributed by atoms with Crippen molar-refractivity contribution in [1.29, 1.82) is 0 Å². The average Bonchev–Trinajstić information content (AvgIpc) is 1.73. The minimum atomic E-state index is -0.695. The quantitative estimate of drug-likeness (QED) is 0.0662. The van der Waals surface area contributed by atoms with E-state index in [1.807, 2.05) is 105 Å². The maximum Gasteiger partial charge on any atom is 0.330 e. The molecule has 115 heavy (non-hydrogen) atoms. The summed E-state index contributed by atoms with van der Waals surface area (Å²) >= 11 is 0. The molecule has 1 atom stereocenters. The third-order valence-corrected chi connectivity index (χ3v) is 23.0. The fourth-order valence-corrected chi connectivity index (χ4v) is 16.3. The van der Waals surface area contributed by atoms with E-state index in [0.717, 1.165) is 157 Å². The maximum atomic E-state index is 11.9. The summed E-state index contributed by atoms with van der Waals surface area (Å²) in [6.07, 6.45) is 25.8. The van der Waals surface area contributed by atoms with Gasteiger partial charge in [-0.3, -0.25) is 38.4 Å². The smallest absolute Gasteiger partial charge is 0.330 e. The summed E-state index contributed by atoms with van der Waals surface area (Å²) in [6, 6.07) is 29.0. The van der Waals surface area contributed by atoms with Gasteiger partial charge in [-0.1, -0.05) is 96.6 Å². The van der Waals surface area contributed by atoms with Crippen LogP contribution in [0.3, 0.4) is 0 Å². The van der Waals surface area contributed by atoms with Gasteiger partial charge in [-0.05, 0) is 137 Å². The van der Waals surface area contributed by atoms with Gasteiger partial charge < -0.3 is 80.9 Å². The molecule has 6 aliphatic heterocycles. The molecule has 0 aromatic heterocycles. The molecule has 26 nitrogen and oxygen atoms in total. The Morgan fingerprint density at radius 3 is 0.965 bits per heavy atom. The van der Waals surface area contributed by atoms with Crippen LogP contribution in [0.2, 0.25) is 0 Å². The second-order valence-electron chi connectivity index (χ2n) is 31.5. The largest absolute Gasteiger partial charge is 0.481 e. The Balaban J connectivity index is 0.000000155. The Morgan fingerprint density at radius 2 is 0.626 bits per heavy atom. The highest BCUT2D eigenvalue weighted by Gasteiger charge is 2.45. The van der Waals surface area contributed by atoms with Crippen LogP contribution in [0.25, 0.3) is 0 Å². The summed E-state index contributed by atoms with van der Waals surface area (Å²) in [5, 5.41) is 8.66. The number of hydrogen-bond acceptors (Lipinski definition) is 25. The van der Waals surface area contributed by atoms with Crippen molar-refractivity contribution in [2.45, 2.75) is 268 Å². The zero-order valence-corrected chi connectivity index (χ0v) is 67.7. The van der Waals surface area contributed by atoms with E-state index in [2.05, 4.69) is 0 Å². The number of cyclic esters (lactones) is 1. The molecule has 5 spiro atoms. The summed E-state index contributed by atoms with van der Waals surface area (Å²) in [5.74, 6) is -1.04. The van der Waals surface area contributed by atoms with E-state index in [0.29, 0.717) is 205 Å². The van der Waals surface area contributed by atoms with Gasteiger partial charge in [0.15, 0.2) is 28.9 Å². The van der Waals surface area contributed by atoms with Gasteiger partial charge in [0.2, 0.25) is 0 Å². The van der Waals surface area contributed by atoms with E-state index >= 15 is 0 Å². The molecular formula is C89H124O26. The molecule has 0 radical (unpaired) electrons.